The van der Waals surface area contributed by atoms with Gasteiger partial charge in [0.25, 0.3) is 5.69 Å². The van der Waals surface area contributed by atoms with Crippen molar-refractivity contribution in [3.8, 4) is 0 Å². The second-order valence-electron chi connectivity index (χ2n) is 3.81. The summed E-state index contributed by atoms with van der Waals surface area (Å²) in [6.45, 7) is 0. The van der Waals surface area contributed by atoms with Gasteiger partial charge in [-0.3, -0.25) is 19.8 Å². The van der Waals surface area contributed by atoms with E-state index in [1.165, 1.54) is 12.3 Å². The second kappa shape index (κ2) is 4.38. The molecule has 5 nitrogen and oxygen atoms in total. The highest BCUT2D eigenvalue weighted by Crippen LogP contribution is 2.37. The number of amides is 1. The summed E-state index contributed by atoms with van der Waals surface area (Å²) in [5.74, 6) is -0.512. The quantitative estimate of drug-likeness (QED) is 0.614. The van der Waals surface area contributed by atoms with Crippen LogP contribution < -0.4 is 4.90 Å². The van der Waals surface area contributed by atoms with Gasteiger partial charge in [-0.05, 0) is 12.1 Å². The Morgan fingerprint density at radius 3 is 2.47 bits per heavy atom. The van der Waals surface area contributed by atoms with Crippen molar-refractivity contribution >= 4 is 17.3 Å². The highest BCUT2D eigenvalue weighted by Gasteiger charge is 2.34. The van der Waals surface area contributed by atoms with Gasteiger partial charge < -0.3 is 0 Å². The number of carbonyl (C=O) groups is 1. The summed E-state index contributed by atoms with van der Waals surface area (Å²) in [5, 5.41) is 10.8. The Bertz CT molecular complexity index is 581. The summed E-state index contributed by atoms with van der Waals surface area (Å²) in [6, 6.07) is 1.97. The van der Waals surface area contributed by atoms with Gasteiger partial charge in [-0.1, -0.05) is 6.08 Å². The lowest BCUT2D eigenvalue weighted by molar-refractivity contribution is -0.384. The third kappa shape index (κ3) is 2.42. The predicted octanol–water partition coefficient (Wildman–Crippen LogP) is 2.86. The van der Waals surface area contributed by atoms with E-state index in [9.17, 15) is 28.1 Å². The Kier molecular flexibility index (Phi) is 3.01. The van der Waals surface area contributed by atoms with Crippen LogP contribution >= 0.6 is 0 Å². The molecule has 0 atom stereocenters. The van der Waals surface area contributed by atoms with E-state index in [0.29, 0.717) is 12.1 Å². The molecule has 19 heavy (non-hydrogen) atoms. The number of alkyl halides is 3. The van der Waals surface area contributed by atoms with Crippen LogP contribution in [0.25, 0.3) is 0 Å². The first kappa shape index (κ1) is 13.1. The van der Waals surface area contributed by atoms with Crippen LogP contribution in [0.2, 0.25) is 0 Å². The summed E-state index contributed by atoms with van der Waals surface area (Å²) in [6.07, 6.45) is -1.97. The Morgan fingerprint density at radius 1 is 1.32 bits per heavy atom. The van der Waals surface area contributed by atoms with E-state index in [-0.39, 0.29) is 12.1 Å². The van der Waals surface area contributed by atoms with E-state index in [1.54, 1.807) is 0 Å². The normalized spacial score (nSPS) is 15.1. The van der Waals surface area contributed by atoms with Gasteiger partial charge in [-0.2, -0.15) is 13.2 Å². The molecule has 0 saturated heterocycles. The standard InChI is InChI=1S/C11H7F3N2O3/c12-11(13,14)7-3-4-8(16(18)19)9(6-7)15-5-1-2-10(15)17/h1,3-6H,2H2. The third-order valence-electron chi connectivity index (χ3n) is 2.57. The molecule has 1 amide bonds. The summed E-state index contributed by atoms with van der Waals surface area (Å²) >= 11 is 0. The van der Waals surface area contributed by atoms with Crippen molar-refractivity contribution in [1.29, 1.82) is 0 Å². The number of anilines is 1. The Labute approximate surface area is 105 Å². The number of nitro benzene ring substituents is 1. The van der Waals surface area contributed by atoms with Gasteiger partial charge >= 0.3 is 6.18 Å². The first-order valence-electron chi connectivity index (χ1n) is 5.15. The summed E-state index contributed by atoms with van der Waals surface area (Å²) in [4.78, 5) is 22.3. The third-order valence-corrected chi connectivity index (χ3v) is 2.57. The van der Waals surface area contributed by atoms with Crippen LogP contribution in [0.1, 0.15) is 12.0 Å². The number of rotatable bonds is 2. The van der Waals surface area contributed by atoms with E-state index in [4.69, 9.17) is 0 Å². The van der Waals surface area contributed by atoms with Crippen molar-refractivity contribution in [2.75, 3.05) is 4.90 Å². The van der Waals surface area contributed by atoms with Crippen LogP contribution in [-0.4, -0.2) is 10.8 Å². The molecule has 1 aliphatic heterocycles. The van der Waals surface area contributed by atoms with Crippen molar-refractivity contribution in [2.24, 2.45) is 0 Å². The summed E-state index contributed by atoms with van der Waals surface area (Å²) < 4.78 is 37.8. The molecule has 0 N–H and O–H groups in total. The van der Waals surface area contributed by atoms with E-state index in [0.717, 1.165) is 11.0 Å². The lowest BCUT2D eigenvalue weighted by Crippen LogP contribution is -2.21. The van der Waals surface area contributed by atoms with Crippen molar-refractivity contribution in [1.82, 2.24) is 0 Å². The predicted molar refractivity (Wildman–Crippen MR) is 59.3 cm³/mol. The molecule has 0 spiro atoms. The zero-order valence-electron chi connectivity index (χ0n) is 9.35. The molecule has 8 heteroatoms. The van der Waals surface area contributed by atoms with Gasteiger partial charge in [0.2, 0.25) is 5.91 Å². The first-order valence-corrected chi connectivity index (χ1v) is 5.15. The van der Waals surface area contributed by atoms with Gasteiger partial charge in [0.1, 0.15) is 5.69 Å². The smallest absolute Gasteiger partial charge is 0.281 e. The number of halogens is 3. The molecule has 1 aliphatic rings. The topological polar surface area (TPSA) is 63.5 Å². The van der Waals surface area contributed by atoms with E-state index < -0.39 is 28.3 Å². The Hall–Kier alpha value is -2.38. The number of hydrogen-bond donors (Lipinski definition) is 0. The molecule has 0 radical (unpaired) electrons. The molecule has 1 aromatic carbocycles. The number of benzene rings is 1. The zero-order valence-corrected chi connectivity index (χ0v) is 9.35. The van der Waals surface area contributed by atoms with Gasteiger partial charge in [0.05, 0.1) is 10.5 Å². The molecule has 0 unspecified atom stereocenters. The lowest BCUT2D eigenvalue weighted by Gasteiger charge is -2.16. The number of nitrogens with zero attached hydrogens (tertiary/aromatic N) is 2. The van der Waals surface area contributed by atoms with Crippen LogP contribution in [0.3, 0.4) is 0 Å². The SMILES string of the molecule is O=C1CC=CN1c1cc(C(F)(F)F)ccc1[N+](=O)[O-]. The van der Waals surface area contributed by atoms with Gasteiger partial charge in [0.15, 0.2) is 0 Å². The molecular formula is C11H7F3N2O3. The van der Waals surface area contributed by atoms with Crippen molar-refractivity contribution in [3.63, 3.8) is 0 Å². The fraction of sp³-hybridized carbons (Fsp3) is 0.182. The van der Waals surface area contributed by atoms with Crippen LogP contribution in [-0.2, 0) is 11.0 Å². The molecule has 0 aromatic heterocycles. The van der Waals surface area contributed by atoms with Crippen molar-refractivity contribution in [3.05, 3.63) is 46.2 Å². The van der Waals surface area contributed by atoms with Crippen LogP contribution in [0, 0.1) is 10.1 Å². The second-order valence-corrected chi connectivity index (χ2v) is 3.81. The highest BCUT2D eigenvalue weighted by atomic mass is 19.4. The fourth-order valence-electron chi connectivity index (χ4n) is 1.70. The van der Waals surface area contributed by atoms with E-state index >= 15 is 0 Å². The van der Waals surface area contributed by atoms with E-state index in [1.807, 2.05) is 0 Å². The number of hydrogen-bond acceptors (Lipinski definition) is 3. The monoisotopic (exact) mass is 272 g/mol. The zero-order chi connectivity index (χ0) is 14.2. The maximum Gasteiger partial charge on any atom is 0.416 e. The van der Waals surface area contributed by atoms with Gasteiger partial charge in [-0.25, -0.2) is 0 Å². The summed E-state index contributed by atoms with van der Waals surface area (Å²) in [5.41, 5.74) is -1.97. The molecule has 0 fully saturated rings. The minimum Gasteiger partial charge on any atom is -0.281 e. The molecular weight excluding hydrogens is 265 g/mol. The van der Waals surface area contributed by atoms with Crippen LogP contribution in [0.15, 0.2) is 30.5 Å². The summed E-state index contributed by atoms with van der Waals surface area (Å²) in [7, 11) is 0. The molecule has 1 heterocycles. The average Bonchev–Trinajstić information content (AvgIpc) is 2.73. The van der Waals surface area contributed by atoms with E-state index in [2.05, 4.69) is 0 Å². The van der Waals surface area contributed by atoms with Crippen LogP contribution in [0.4, 0.5) is 24.5 Å². The molecule has 0 bridgehead atoms. The van der Waals surface area contributed by atoms with Crippen molar-refractivity contribution < 1.29 is 22.9 Å². The minimum atomic E-state index is -4.63. The maximum atomic E-state index is 12.6. The van der Waals surface area contributed by atoms with Gasteiger partial charge in [-0.15, -0.1) is 0 Å². The highest BCUT2D eigenvalue weighted by molar-refractivity contribution is 6.00. The molecule has 1 aromatic rings. The average molecular weight is 272 g/mol. The Morgan fingerprint density at radius 2 is 2.00 bits per heavy atom. The molecule has 0 saturated carbocycles. The van der Waals surface area contributed by atoms with Gasteiger partial charge in [0, 0.05) is 18.7 Å². The fourth-order valence-corrected chi connectivity index (χ4v) is 1.70. The Balaban J connectivity index is 2.57. The molecule has 2 rings (SSSR count). The van der Waals surface area contributed by atoms with Crippen molar-refractivity contribution in [2.45, 2.75) is 12.6 Å². The number of carbonyl (C=O) groups excluding carboxylic acids is 1. The number of nitro groups is 1. The minimum absolute atomic E-state index is 0.00734. The molecule has 0 aliphatic carbocycles. The lowest BCUT2D eigenvalue weighted by atomic mass is 10.1. The largest absolute Gasteiger partial charge is 0.416 e. The first-order chi connectivity index (χ1) is 8.80. The molecule has 100 valence electrons. The maximum absolute atomic E-state index is 12.6. The van der Waals surface area contributed by atoms with Crippen LogP contribution in [0.5, 0.6) is 0 Å².